The van der Waals surface area contributed by atoms with Crippen molar-refractivity contribution in [3.63, 3.8) is 0 Å². The number of carbonyl (C=O) groups excluding carboxylic acids is 1. The number of phenolic OH excluding ortho intramolecular Hbond substituents is 1. The summed E-state index contributed by atoms with van der Waals surface area (Å²) >= 11 is 0. The lowest BCUT2D eigenvalue weighted by atomic mass is 10.0. The van der Waals surface area contributed by atoms with E-state index in [0.29, 0.717) is 12.5 Å². The summed E-state index contributed by atoms with van der Waals surface area (Å²) in [6.07, 6.45) is -4.84. The first-order valence-electron chi connectivity index (χ1n) is 5.51. The predicted molar refractivity (Wildman–Crippen MR) is 63.3 cm³/mol. The van der Waals surface area contributed by atoms with Gasteiger partial charge in [0.1, 0.15) is 5.75 Å². The summed E-state index contributed by atoms with van der Waals surface area (Å²) in [6, 6.07) is 5.17. The van der Waals surface area contributed by atoms with Gasteiger partial charge in [0.25, 0.3) is 0 Å². The summed E-state index contributed by atoms with van der Waals surface area (Å²) in [5.41, 5.74) is 2.53. The van der Waals surface area contributed by atoms with Crippen molar-refractivity contribution in [2.24, 2.45) is 5.73 Å². The minimum Gasteiger partial charge on any atom is -0.508 e. The molecule has 0 fully saturated rings. The zero-order chi connectivity index (χ0) is 14.8. The fourth-order valence-corrected chi connectivity index (χ4v) is 1.35. The second-order valence-electron chi connectivity index (χ2n) is 4.49. The lowest BCUT2D eigenvalue weighted by Gasteiger charge is -2.28. The van der Waals surface area contributed by atoms with Crippen molar-refractivity contribution in [2.75, 3.05) is 0 Å². The van der Waals surface area contributed by atoms with Crippen LogP contribution in [0.1, 0.15) is 25.5 Å². The van der Waals surface area contributed by atoms with Crippen LogP contribution in [0, 0.1) is 0 Å². The van der Waals surface area contributed by atoms with Crippen LogP contribution < -0.4 is 11.1 Å². The summed E-state index contributed by atoms with van der Waals surface area (Å²) in [5.74, 6) is -1.36. The molecule has 4 N–H and O–H groups in total. The van der Waals surface area contributed by atoms with Crippen LogP contribution in [0.4, 0.5) is 13.2 Å². The van der Waals surface area contributed by atoms with Gasteiger partial charge in [-0.25, -0.2) is 0 Å². The molecule has 19 heavy (non-hydrogen) atoms. The number of halogens is 3. The van der Waals surface area contributed by atoms with Crippen molar-refractivity contribution in [3.8, 4) is 5.75 Å². The Bertz CT molecular complexity index is 472. The van der Waals surface area contributed by atoms with Gasteiger partial charge in [-0.05, 0) is 31.5 Å². The highest BCUT2D eigenvalue weighted by atomic mass is 19.4. The number of hydrogen-bond acceptors (Lipinski definition) is 3. The largest absolute Gasteiger partial charge is 0.508 e. The number of rotatable bonds is 3. The first-order valence-corrected chi connectivity index (χ1v) is 5.51. The Morgan fingerprint density at radius 3 is 2.47 bits per heavy atom. The van der Waals surface area contributed by atoms with Gasteiger partial charge in [-0.2, -0.15) is 13.2 Å². The van der Waals surface area contributed by atoms with E-state index in [0.717, 1.165) is 0 Å². The number of aromatic hydroxyl groups is 1. The third-order valence-electron chi connectivity index (χ3n) is 2.78. The molecule has 0 aliphatic rings. The predicted octanol–water partition coefficient (Wildman–Crippen LogP) is 1.85. The van der Waals surface area contributed by atoms with Crippen LogP contribution >= 0.6 is 0 Å². The van der Waals surface area contributed by atoms with Crippen LogP contribution in [0.2, 0.25) is 0 Å². The second-order valence-corrected chi connectivity index (χ2v) is 4.49. The van der Waals surface area contributed by atoms with E-state index in [1.807, 2.05) is 0 Å². The molecule has 2 unspecified atom stereocenters. The number of hydrogen-bond donors (Lipinski definition) is 3. The third kappa shape index (κ3) is 3.37. The van der Waals surface area contributed by atoms with Gasteiger partial charge >= 0.3 is 6.18 Å². The SMILES string of the molecule is CC(NC(=O)C(C)(N)C(F)(F)F)c1cccc(O)c1. The highest BCUT2D eigenvalue weighted by molar-refractivity contribution is 5.86. The normalized spacial score (nSPS) is 16.5. The van der Waals surface area contributed by atoms with Gasteiger partial charge in [-0.1, -0.05) is 12.1 Å². The van der Waals surface area contributed by atoms with E-state index < -0.39 is 23.7 Å². The van der Waals surface area contributed by atoms with Crippen molar-refractivity contribution in [3.05, 3.63) is 29.8 Å². The van der Waals surface area contributed by atoms with Crippen molar-refractivity contribution in [1.82, 2.24) is 5.32 Å². The van der Waals surface area contributed by atoms with Crippen molar-refractivity contribution in [1.29, 1.82) is 0 Å². The van der Waals surface area contributed by atoms with Gasteiger partial charge in [0.05, 0.1) is 6.04 Å². The van der Waals surface area contributed by atoms with Crippen LogP contribution in [0.3, 0.4) is 0 Å². The van der Waals surface area contributed by atoms with Gasteiger partial charge in [-0.15, -0.1) is 0 Å². The summed E-state index contributed by atoms with van der Waals surface area (Å²) in [7, 11) is 0. The summed E-state index contributed by atoms with van der Waals surface area (Å²) in [4.78, 5) is 11.6. The molecular formula is C12H15F3N2O2. The molecule has 1 rings (SSSR count). The molecule has 0 bridgehead atoms. The Kier molecular flexibility index (Phi) is 4.09. The maximum absolute atomic E-state index is 12.6. The van der Waals surface area contributed by atoms with E-state index in [9.17, 15) is 23.1 Å². The van der Waals surface area contributed by atoms with Crippen LogP contribution in [0.15, 0.2) is 24.3 Å². The Labute approximate surface area is 108 Å². The topological polar surface area (TPSA) is 75.4 Å². The van der Waals surface area contributed by atoms with Crippen LogP contribution in [0.5, 0.6) is 5.75 Å². The monoisotopic (exact) mass is 276 g/mol. The van der Waals surface area contributed by atoms with Crippen molar-refractivity contribution >= 4 is 5.91 Å². The van der Waals surface area contributed by atoms with Gasteiger partial charge in [-0.3, -0.25) is 4.79 Å². The fraction of sp³-hybridized carbons (Fsp3) is 0.417. The van der Waals surface area contributed by atoms with Crippen LogP contribution in [-0.4, -0.2) is 22.7 Å². The molecule has 1 aromatic rings. The van der Waals surface area contributed by atoms with Crippen LogP contribution in [-0.2, 0) is 4.79 Å². The number of nitrogens with one attached hydrogen (secondary N) is 1. The third-order valence-corrected chi connectivity index (χ3v) is 2.78. The second kappa shape index (κ2) is 5.08. The maximum Gasteiger partial charge on any atom is 0.415 e. The fourth-order valence-electron chi connectivity index (χ4n) is 1.35. The number of phenols is 1. The van der Waals surface area contributed by atoms with Gasteiger partial charge in [0.15, 0.2) is 5.54 Å². The van der Waals surface area contributed by atoms with Gasteiger partial charge in [0, 0.05) is 0 Å². The molecule has 0 spiro atoms. The first-order chi connectivity index (χ1) is 8.55. The van der Waals surface area contributed by atoms with E-state index >= 15 is 0 Å². The lowest BCUT2D eigenvalue weighted by molar-refractivity contribution is -0.187. The molecule has 0 aliphatic heterocycles. The number of nitrogens with two attached hydrogens (primary N) is 1. The zero-order valence-corrected chi connectivity index (χ0v) is 10.5. The van der Waals surface area contributed by atoms with Crippen molar-refractivity contribution < 1.29 is 23.1 Å². The molecule has 0 heterocycles. The summed E-state index contributed by atoms with van der Waals surface area (Å²) < 4.78 is 37.7. The molecule has 0 aromatic heterocycles. The number of amides is 1. The molecule has 0 aliphatic carbocycles. The highest BCUT2D eigenvalue weighted by Crippen LogP contribution is 2.29. The lowest BCUT2D eigenvalue weighted by Crippen LogP contribution is -2.61. The molecule has 4 nitrogen and oxygen atoms in total. The van der Waals surface area contributed by atoms with E-state index in [2.05, 4.69) is 5.32 Å². The van der Waals surface area contributed by atoms with Gasteiger partial charge < -0.3 is 16.2 Å². The molecule has 1 aromatic carbocycles. The highest BCUT2D eigenvalue weighted by Gasteiger charge is 2.54. The maximum atomic E-state index is 12.6. The Morgan fingerprint density at radius 2 is 2.00 bits per heavy atom. The average molecular weight is 276 g/mol. The Hall–Kier alpha value is -1.76. The number of benzene rings is 1. The summed E-state index contributed by atoms with van der Waals surface area (Å²) in [5, 5.41) is 11.4. The first kappa shape index (κ1) is 15.3. The zero-order valence-electron chi connectivity index (χ0n) is 10.5. The minimum absolute atomic E-state index is 0.0371. The molecule has 0 saturated carbocycles. The Balaban J connectivity index is 2.83. The number of carbonyl (C=O) groups is 1. The molecule has 0 radical (unpaired) electrons. The minimum atomic E-state index is -4.84. The van der Waals surface area contributed by atoms with E-state index in [1.165, 1.54) is 25.1 Å². The van der Waals surface area contributed by atoms with Gasteiger partial charge in [0.2, 0.25) is 5.91 Å². The number of alkyl halides is 3. The van der Waals surface area contributed by atoms with Crippen molar-refractivity contribution in [2.45, 2.75) is 31.6 Å². The summed E-state index contributed by atoms with van der Waals surface area (Å²) in [6.45, 7) is 2.11. The Morgan fingerprint density at radius 1 is 1.42 bits per heavy atom. The molecule has 1 amide bonds. The van der Waals surface area contributed by atoms with E-state index in [-0.39, 0.29) is 5.75 Å². The molecule has 0 saturated heterocycles. The quantitative estimate of drug-likeness (QED) is 0.788. The molecular weight excluding hydrogens is 261 g/mol. The van der Waals surface area contributed by atoms with E-state index in [4.69, 9.17) is 5.73 Å². The molecule has 2 atom stereocenters. The van der Waals surface area contributed by atoms with E-state index in [1.54, 1.807) is 6.07 Å². The standard InChI is InChI=1S/C12H15F3N2O2/c1-7(8-4-3-5-9(18)6-8)17-10(19)11(2,16)12(13,14)15/h3-7,18H,16H2,1-2H3,(H,17,19). The van der Waals surface area contributed by atoms with Crippen LogP contribution in [0.25, 0.3) is 0 Å². The molecule has 106 valence electrons. The molecule has 7 heteroatoms. The average Bonchev–Trinajstić information content (AvgIpc) is 2.27. The smallest absolute Gasteiger partial charge is 0.415 e.